The predicted octanol–water partition coefficient (Wildman–Crippen LogP) is 3.19. The fourth-order valence-electron chi connectivity index (χ4n) is 1.76. The Bertz CT molecular complexity index is 599. The Hall–Kier alpha value is -2.01. The van der Waals surface area contributed by atoms with Crippen LogP contribution in [0.1, 0.15) is 17.2 Å². The van der Waals surface area contributed by atoms with Crippen molar-refractivity contribution in [3.63, 3.8) is 0 Å². The van der Waals surface area contributed by atoms with Crippen molar-refractivity contribution in [2.75, 3.05) is 7.11 Å². The molecule has 2 rings (SSSR count). The van der Waals surface area contributed by atoms with Crippen molar-refractivity contribution in [1.29, 1.82) is 0 Å². The minimum Gasteiger partial charge on any atom is -0.494 e. The van der Waals surface area contributed by atoms with Crippen molar-refractivity contribution >= 4 is 0 Å². The summed E-state index contributed by atoms with van der Waals surface area (Å²) in [6.07, 6.45) is -1.40. The van der Waals surface area contributed by atoms with Gasteiger partial charge in [0.1, 0.15) is 6.10 Å². The van der Waals surface area contributed by atoms with E-state index in [2.05, 4.69) is 0 Å². The molecular weight excluding hydrogens is 257 g/mol. The Morgan fingerprint density at radius 3 is 2.47 bits per heavy atom. The Labute approximate surface area is 108 Å². The second-order valence-electron chi connectivity index (χ2n) is 3.94. The van der Waals surface area contributed by atoms with Crippen LogP contribution in [-0.2, 0) is 0 Å². The normalized spacial score (nSPS) is 12.3. The number of aliphatic hydroxyl groups is 1. The van der Waals surface area contributed by atoms with E-state index in [9.17, 15) is 18.3 Å². The van der Waals surface area contributed by atoms with Gasteiger partial charge in [0.05, 0.1) is 7.11 Å². The molecule has 2 aromatic rings. The van der Waals surface area contributed by atoms with Crippen LogP contribution in [0.5, 0.6) is 5.75 Å². The summed E-state index contributed by atoms with van der Waals surface area (Å²) in [4.78, 5) is 0. The van der Waals surface area contributed by atoms with Crippen LogP contribution >= 0.6 is 0 Å². The topological polar surface area (TPSA) is 29.5 Å². The molecule has 0 aromatic heterocycles. The van der Waals surface area contributed by atoms with Crippen molar-refractivity contribution in [3.05, 3.63) is 65.0 Å². The van der Waals surface area contributed by atoms with Gasteiger partial charge in [0, 0.05) is 5.56 Å². The van der Waals surface area contributed by atoms with E-state index >= 15 is 0 Å². The number of benzene rings is 2. The van der Waals surface area contributed by atoms with Crippen molar-refractivity contribution in [2.24, 2.45) is 0 Å². The summed E-state index contributed by atoms with van der Waals surface area (Å²) in [5, 5.41) is 10.0. The molecule has 0 radical (unpaired) electrons. The van der Waals surface area contributed by atoms with Gasteiger partial charge in [-0.3, -0.25) is 0 Å². The molecule has 0 aliphatic carbocycles. The number of hydrogen-bond acceptors (Lipinski definition) is 2. The van der Waals surface area contributed by atoms with E-state index in [1.165, 1.54) is 31.4 Å². The largest absolute Gasteiger partial charge is 0.494 e. The zero-order chi connectivity index (χ0) is 14.0. The van der Waals surface area contributed by atoms with Gasteiger partial charge >= 0.3 is 0 Å². The first-order valence-electron chi connectivity index (χ1n) is 5.50. The highest BCUT2D eigenvalue weighted by molar-refractivity contribution is 5.36. The van der Waals surface area contributed by atoms with Crippen LogP contribution in [0, 0.1) is 17.5 Å². The van der Waals surface area contributed by atoms with Crippen LogP contribution in [0.4, 0.5) is 13.2 Å². The molecule has 0 spiro atoms. The third-order valence-corrected chi connectivity index (χ3v) is 2.77. The van der Waals surface area contributed by atoms with Crippen LogP contribution in [0.3, 0.4) is 0 Å². The maximum absolute atomic E-state index is 13.6. The molecule has 0 saturated heterocycles. The molecule has 1 N–H and O–H groups in total. The molecule has 0 amide bonds. The maximum Gasteiger partial charge on any atom is 0.165 e. The van der Waals surface area contributed by atoms with Gasteiger partial charge < -0.3 is 9.84 Å². The lowest BCUT2D eigenvalue weighted by Crippen LogP contribution is -2.05. The summed E-state index contributed by atoms with van der Waals surface area (Å²) in [5.74, 6) is -2.85. The molecule has 19 heavy (non-hydrogen) atoms. The molecule has 0 saturated carbocycles. The van der Waals surface area contributed by atoms with E-state index in [4.69, 9.17) is 4.74 Å². The second kappa shape index (κ2) is 5.32. The molecule has 1 unspecified atom stereocenters. The average Bonchev–Trinajstić information content (AvgIpc) is 2.41. The van der Waals surface area contributed by atoms with E-state index in [1.54, 1.807) is 0 Å². The number of aliphatic hydroxyl groups excluding tert-OH is 1. The quantitative estimate of drug-likeness (QED) is 0.926. The van der Waals surface area contributed by atoms with Gasteiger partial charge in [-0.25, -0.2) is 13.2 Å². The van der Waals surface area contributed by atoms with E-state index in [-0.39, 0.29) is 16.9 Å². The molecule has 1 atom stereocenters. The number of ether oxygens (including phenoxy) is 1. The molecule has 2 aromatic carbocycles. The maximum atomic E-state index is 13.6. The summed E-state index contributed by atoms with van der Waals surface area (Å²) in [6.45, 7) is 0. The summed E-state index contributed by atoms with van der Waals surface area (Å²) < 4.78 is 44.7. The molecule has 0 heterocycles. The molecule has 0 aliphatic heterocycles. The first-order chi connectivity index (χ1) is 9.04. The van der Waals surface area contributed by atoms with Crippen molar-refractivity contribution in [2.45, 2.75) is 6.10 Å². The lowest BCUT2D eigenvalue weighted by molar-refractivity contribution is 0.212. The lowest BCUT2D eigenvalue weighted by Gasteiger charge is -2.14. The monoisotopic (exact) mass is 268 g/mol. The average molecular weight is 268 g/mol. The van der Waals surface area contributed by atoms with E-state index in [0.717, 1.165) is 12.1 Å². The third-order valence-electron chi connectivity index (χ3n) is 2.77. The van der Waals surface area contributed by atoms with Crippen LogP contribution in [-0.4, -0.2) is 12.2 Å². The lowest BCUT2D eigenvalue weighted by atomic mass is 10.0. The smallest absolute Gasteiger partial charge is 0.165 e. The minimum absolute atomic E-state index is 0.0756. The van der Waals surface area contributed by atoms with Gasteiger partial charge in [0.25, 0.3) is 0 Å². The molecule has 0 fully saturated rings. The number of halogens is 3. The van der Waals surface area contributed by atoms with Gasteiger partial charge in [-0.2, -0.15) is 0 Å². The van der Waals surface area contributed by atoms with Crippen LogP contribution in [0.15, 0.2) is 36.4 Å². The van der Waals surface area contributed by atoms with Gasteiger partial charge in [0.15, 0.2) is 23.2 Å². The first-order valence-corrected chi connectivity index (χ1v) is 5.50. The summed E-state index contributed by atoms with van der Waals surface area (Å²) in [6, 6.07) is 7.12. The highest BCUT2D eigenvalue weighted by Gasteiger charge is 2.18. The van der Waals surface area contributed by atoms with Gasteiger partial charge in [-0.1, -0.05) is 18.2 Å². The standard InChI is InChI=1S/C14H11F3O2/c1-19-12-7-8(5-6-10(12)15)14(18)9-3-2-4-11(16)13(9)17/h2-7,14,18H,1H3. The van der Waals surface area contributed by atoms with E-state index in [0.29, 0.717) is 0 Å². The number of hydrogen-bond donors (Lipinski definition) is 1. The first kappa shape index (κ1) is 13.4. The van der Waals surface area contributed by atoms with E-state index < -0.39 is 23.6 Å². The zero-order valence-corrected chi connectivity index (χ0v) is 10.0. The highest BCUT2D eigenvalue weighted by Crippen LogP contribution is 2.29. The van der Waals surface area contributed by atoms with Gasteiger partial charge in [0.2, 0.25) is 0 Å². The summed E-state index contributed by atoms with van der Waals surface area (Å²) >= 11 is 0. The zero-order valence-electron chi connectivity index (χ0n) is 10.0. The third kappa shape index (κ3) is 2.56. The second-order valence-corrected chi connectivity index (χ2v) is 3.94. The number of methoxy groups -OCH3 is 1. The van der Waals surface area contributed by atoms with E-state index in [1.807, 2.05) is 0 Å². The Kier molecular flexibility index (Phi) is 3.76. The molecule has 0 aliphatic rings. The van der Waals surface area contributed by atoms with Gasteiger partial charge in [-0.05, 0) is 23.8 Å². The molecule has 100 valence electrons. The fourth-order valence-corrected chi connectivity index (χ4v) is 1.76. The minimum atomic E-state index is -1.40. The summed E-state index contributed by atoms with van der Waals surface area (Å²) in [7, 11) is 1.28. The molecule has 0 bridgehead atoms. The Morgan fingerprint density at radius 2 is 1.79 bits per heavy atom. The number of rotatable bonds is 3. The van der Waals surface area contributed by atoms with Crippen LogP contribution < -0.4 is 4.74 Å². The molecule has 2 nitrogen and oxygen atoms in total. The van der Waals surface area contributed by atoms with Crippen molar-refractivity contribution in [3.8, 4) is 5.75 Å². The van der Waals surface area contributed by atoms with Crippen molar-refractivity contribution < 1.29 is 23.0 Å². The predicted molar refractivity (Wildman–Crippen MR) is 63.4 cm³/mol. The Balaban J connectivity index is 2.44. The van der Waals surface area contributed by atoms with Crippen LogP contribution in [0.25, 0.3) is 0 Å². The Morgan fingerprint density at radius 1 is 1.05 bits per heavy atom. The van der Waals surface area contributed by atoms with Gasteiger partial charge in [-0.15, -0.1) is 0 Å². The van der Waals surface area contributed by atoms with Crippen molar-refractivity contribution in [1.82, 2.24) is 0 Å². The SMILES string of the molecule is COc1cc(C(O)c2cccc(F)c2F)ccc1F. The van der Waals surface area contributed by atoms with Crippen LogP contribution in [0.2, 0.25) is 0 Å². The highest BCUT2D eigenvalue weighted by atomic mass is 19.2. The summed E-state index contributed by atoms with van der Waals surface area (Å²) in [5.41, 5.74) is -0.00332. The fraction of sp³-hybridized carbons (Fsp3) is 0.143. The molecular formula is C14H11F3O2. The molecule has 5 heteroatoms.